The number of hydrogen-bond acceptors (Lipinski definition) is 7. The number of amides is 1. The second-order valence-electron chi connectivity index (χ2n) is 10.4. The normalized spacial score (nSPS) is 16.4. The van der Waals surface area contributed by atoms with Gasteiger partial charge in [0.15, 0.2) is 11.5 Å². The number of nitrogen functional groups attached to an aromatic ring is 1. The van der Waals surface area contributed by atoms with Crippen molar-refractivity contribution in [2.24, 2.45) is 5.41 Å². The minimum Gasteiger partial charge on any atom is -0.493 e. The summed E-state index contributed by atoms with van der Waals surface area (Å²) in [5, 5.41) is 0. The van der Waals surface area contributed by atoms with E-state index >= 15 is 0 Å². The van der Waals surface area contributed by atoms with Gasteiger partial charge in [-0.15, -0.1) is 0 Å². The highest BCUT2D eigenvalue weighted by atomic mass is 16.5. The number of carbonyl (C=O) groups excluding carboxylic acids is 3. The molecule has 3 rings (SSSR count). The van der Waals surface area contributed by atoms with Crippen LogP contribution in [-0.2, 0) is 25.5 Å². The summed E-state index contributed by atoms with van der Waals surface area (Å²) in [7, 11) is 3.17. The van der Waals surface area contributed by atoms with Crippen LogP contribution in [0.5, 0.6) is 11.5 Å². The highest BCUT2D eigenvalue weighted by Gasteiger charge is 2.41. The summed E-state index contributed by atoms with van der Waals surface area (Å²) in [5.41, 5.74) is 7.58. The van der Waals surface area contributed by atoms with Gasteiger partial charge in [-0.25, -0.2) is 4.79 Å². The topological polar surface area (TPSA) is 108 Å². The summed E-state index contributed by atoms with van der Waals surface area (Å²) in [6, 6.07) is 12.2. The van der Waals surface area contributed by atoms with Crippen LogP contribution in [0, 0.1) is 5.41 Å². The lowest BCUT2D eigenvalue weighted by Gasteiger charge is -2.36. The van der Waals surface area contributed by atoms with Crippen LogP contribution in [0.25, 0.3) is 0 Å². The zero-order valence-electron chi connectivity index (χ0n) is 23.1. The summed E-state index contributed by atoms with van der Waals surface area (Å²) in [5.74, 6) is -0.318. The molecule has 0 spiro atoms. The van der Waals surface area contributed by atoms with E-state index in [1.807, 2.05) is 37.3 Å². The molecule has 1 fully saturated rings. The highest BCUT2D eigenvalue weighted by molar-refractivity contribution is 6.38. The number of carbonyl (C=O) groups is 3. The lowest BCUT2D eigenvalue weighted by Crippen LogP contribution is -2.53. The van der Waals surface area contributed by atoms with Crippen molar-refractivity contribution in [1.82, 2.24) is 4.90 Å². The van der Waals surface area contributed by atoms with E-state index in [4.69, 9.17) is 19.9 Å². The quantitative estimate of drug-likeness (QED) is 0.253. The number of anilines is 1. The smallest absolute Gasteiger partial charge is 0.329 e. The summed E-state index contributed by atoms with van der Waals surface area (Å²) in [6.07, 6.45) is 3.03. The molecule has 0 saturated carbocycles. The monoisotopic (exact) mass is 524 g/mol. The van der Waals surface area contributed by atoms with Crippen molar-refractivity contribution < 1.29 is 28.6 Å². The SMILES string of the molecule is CCC(C)(C)C(=O)C(=O)N1CCCC[C@H]1C(=O)O[C@@H](CCc1ccc(OC)c(OC)c1)c1cccc(N)c1. The number of nitrogens with two attached hydrogens (primary N) is 1. The predicted molar refractivity (Wildman–Crippen MR) is 146 cm³/mol. The van der Waals surface area contributed by atoms with E-state index in [1.165, 1.54) is 4.90 Å². The molecule has 1 aliphatic heterocycles. The lowest BCUT2D eigenvalue weighted by molar-refractivity contribution is -0.164. The molecule has 2 aromatic rings. The Labute approximate surface area is 225 Å². The van der Waals surface area contributed by atoms with Crippen molar-refractivity contribution in [2.45, 2.75) is 71.4 Å². The van der Waals surface area contributed by atoms with E-state index in [-0.39, 0.29) is 0 Å². The molecule has 2 atom stereocenters. The van der Waals surface area contributed by atoms with Gasteiger partial charge in [-0.1, -0.05) is 39.0 Å². The van der Waals surface area contributed by atoms with E-state index in [0.717, 1.165) is 24.0 Å². The lowest BCUT2D eigenvalue weighted by atomic mass is 9.84. The number of esters is 1. The Balaban J connectivity index is 1.81. The fourth-order valence-electron chi connectivity index (χ4n) is 4.61. The average Bonchev–Trinajstić information content (AvgIpc) is 2.93. The molecule has 0 aromatic heterocycles. The Morgan fingerprint density at radius 2 is 1.79 bits per heavy atom. The molecular formula is C30H40N2O6. The standard InChI is InChI=1S/C30H40N2O6/c1-6-30(2,3)27(33)28(34)32-17-8-7-12-23(32)29(35)38-24(21-10-9-11-22(31)19-21)15-13-20-14-16-25(36-4)26(18-20)37-5/h9-11,14,16,18-19,23-24H,6-8,12-13,15,17,31H2,1-5H3/t23-,24-/m0/s1. The molecule has 1 amide bonds. The average molecular weight is 525 g/mol. The van der Waals surface area contributed by atoms with Gasteiger partial charge in [0.1, 0.15) is 12.1 Å². The molecule has 1 saturated heterocycles. The Bertz CT molecular complexity index is 1150. The van der Waals surface area contributed by atoms with Crippen LogP contribution in [0.1, 0.15) is 70.1 Å². The number of benzene rings is 2. The number of piperidine rings is 1. The Morgan fingerprint density at radius 1 is 1.05 bits per heavy atom. The molecule has 8 nitrogen and oxygen atoms in total. The van der Waals surface area contributed by atoms with Crippen molar-refractivity contribution in [3.05, 3.63) is 53.6 Å². The largest absolute Gasteiger partial charge is 0.493 e. The third kappa shape index (κ3) is 6.85. The first kappa shape index (κ1) is 29.0. The zero-order chi connectivity index (χ0) is 27.9. The summed E-state index contributed by atoms with van der Waals surface area (Å²) >= 11 is 0. The summed E-state index contributed by atoms with van der Waals surface area (Å²) in [6.45, 7) is 5.75. The molecule has 1 heterocycles. The van der Waals surface area contributed by atoms with Crippen LogP contribution >= 0.6 is 0 Å². The number of nitrogens with zero attached hydrogens (tertiary/aromatic N) is 1. The van der Waals surface area contributed by atoms with Crippen LogP contribution in [0.2, 0.25) is 0 Å². The Morgan fingerprint density at radius 3 is 2.45 bits per heavy atom. The van der Waals surface area contributed by atoms with Crippen LogP contribution in [0.3, 0.4) is 0 Å². The van der Waals surface area contributed by atoms with Gasteiger partial charge in [-0.05, 0) is 73.9 Å². The van der Waals surface area contributed by atoms with E-state index < -0.39 is 35.2 Å². The van der Waals surface area contributed by atoms with Gasteiger partial charge in [0.25, 0.3) is 5.91 Å². The van der Waals surface area contributed by atoms with Gasteiger partial charge < -0.3 is 24.8 Å². The Hall–Kier alpha value is -3.55. The maximum Gasteiger partial charge on any atom is 0.329 e. The first-order valence-corrected chi connectivity index (χ1v) is 13.2. The van der Waals surface area contributed by atoms with Crippen molar-refractivity contribution in [3.63, 3.8) is 0 Å². The van der Waals surface area contributed by atoms with Gasteiger partial charge >= 0.3 is 5.97 Å². The molecule has 206 valence electrons. The fourth-order valence-corrected chi connectivity index (χ4v) is 4.61. The van der Waals surface area contributed by atoms with E-state index in [9.17, 15) is 14.4 Å². The van der Waals surface area contributed by atoms with Crippen LogP contribution in [0.15, 0.2) is 42.5 Å². The molecular weight excluding hydrogens is 484 g/mol. The number of ether oxygens (including phenoxy) is 3. The first-order chi connectivity index (χ1) is 18.1. The number of likely N-dealkylation sites (tertiary alicyclic amines) is 1. The van der Waals surface area contributed by atoms with Crippen LogP contribution in [-0.4, -0.2) is 49.4 Å². The zero-order valence-corrected chi connectivity index (χ0v) is 23.1. The van der Waals surface area contributed by atoms with Crippen LogP contribution in [0.4, 0.5) is 5.69 Å². The molecule has 1 aliphatic rings. The van der Waals surface area contributed by atoms with Gasteiger partial charge in [0.2, 0.25) is 5.78 Å². The minimum absolute atomic E-state index is 0.360. The van der Waals surface area contributed by atoms with Gasteiger partial charge in [-0.2, -0.15) is 0 Å². The fraction of sp³-hybridized carbons (Fsp3) is 0.500. The first-order valence-electron chi connectivity index (χ1n) is 13.2. The maximum atomic E-state index is 13.5. The molecule has 2 aromatic carbocycles. The second kappa shape index (κ2) is 12.8. The van der Waals surface area contributed by atoms with E-state index in [1.54, 1.807) is 40.2 Å². The second-order valence-corrected chi connectivity index (χ2v) is 10.4. The minimum atomic E-state index is -0.794. The number of methoxy groups -OCH3 is 2. The molecule has 2 N–H and O–H groups in total. The third-order valence-corrected chi connectivity index (χ3v) is 7.41. The summed E-state index contributed by atoms with van der Waals surface area (Å²) in [4.78, 5) is 41.0. The number of ketones is 1. The van der Waals surface area contributed by atoms with Crippen molar-refractivity contribution in [3.8, 4) is 11.5 Å². The summed E-state index contributed by atoms with van der Waals surface area (Å²) < 4.78 is 16.8. The molecule has 0 bridgehead atoms. The number of rotatable bonds is 11. The van der Waals surface area contributed by atoms with E-state index in [2.05, 4.69) is 0 Å². The van der Waals surface area contributed by atoms with Gasteiger partial charge in [-0.3, -0.25) is 9.59 Å². The molecule has 0 aliphatic carbocycles. The number of Topliss-reactive ketones (excluding diaryl/α,β-unsaturated/α-hetero) is 1. The van der Waals surface area contributed by atoms with Crippen molar-refractivity contribution in [1.29, 1.82) is 0 Å². The van der Waals surface area contributed by atoms with Crippen molar-refractivity contribution >= 4 is 23.3 Å². The van der Waals surface area contributed by atoms with Gasteiger partial charge in [0, 0.05) is 17.6 Å². The molecule has 8 heteroatoms. The van der Waals surface area contributed by atoms with Crippen LogP contribution < -0.4 is 15.2 Å². The molecule has 38 heavy (non-hydrogen) atoms. The highest BCUT2D eigenvalue weighted by Crippen LogP contribution is 2.32. The van der Waals surface area contributed by atoms with Gasteiger partial charge in [0.05, 0.1) is 14.2 Å². The predicted octanol–water partition coefficient (Wildman–Crippen LogP) is 4.89. The molecule has 0 radical (unpaired) electrons. The Kier molecular flexibility index (Phi) is 9.78. The maximum absolute atomic E-state index is 13.5. The van der Waals surface area contributed by atoms with E-state index in [0.29, 0.717) is 49.4 Å². The van der Waals surface area contributed by atoms with Crippen molar-refractivity contribution in [2.75, 3.05) is 26.5 Å². The third-order valence-electron chi connectivity index (χ3n) is 7.41. The molecule has 0 unspecified atom stereocenters. The number of hydrogen-bond donors (Lipinski definition) is 1. The number of aryl methyl sites for hydroxylation is 1.